The highest BCUT2D eigenvalue weighted by molar-refractivity contribution is 6.30. The molecule has 6 heteroatoms. The van der Waals surface area contributed by atoms with Crippen LogP contribution in [-0.2, 0) is 17.6 Å². The van der Waals surface area contributed by atoms with Gasteiger partial charge in [-0.2, -0.15) is 0 Å². The number of carbonyl (C=O) groups excluding carboxylic acids is 1. The van der Waals surface area contributed by atoms with E-state index in [1.54, 1.807) is 29.2 Å². The summed E-state index contributed by atoms with van der Waals surface area (Å²) in [5, 5.41) is 4.67. The second kappa shape index (κ2) is 7.16. The van der Waals surface area contributed by atoms with Crippen molar-refractivity contribution in [3.63, 3.8) is 0 Å². The summed E-state index contributed by atoms with van der Waals surface area (Å²) < 4.78 is 18.9. The SMILES string of the molecule is CC1CCc2cc(F)ccc2N1C(=O)Cc1cc(-c2ccc(Cl)cc2)on1. The highest BCUT2D eigenvalue weighted by atomic mass is 35.5. The molecule has 0 N–H and O–H groups in total. The van der Waals surface area contributed by atoms with Crippen LogP contribution in [0.2, 0.25) is 5.02 Å². The predicted molar refractivity (Wildman–Crippen MR) is 102 cm³/mol. The molecule has 2 aromatic carbocycles. The minimum Gasteiger partial charge on any atom is -0.356 e. The lowest BCUT2D eigenvalue weighted by atomic mass is 9.96. The van der Waals surface area contributed by atoms with Crippen molar-refractivity contribution in [3.8, 4) is 11.3 Å². The Kier molecular flexibility index (Phi) is 4.70. The van der Waals surface area contributed by atoms with E-state index >= 15 is 0 Å². The zero-order valence-corrected chi connectivity index (χ0v) is 15.5. The molecule has 0 bridgehead atoms. The molecule has 1 aromatic heterocycles. The average Bonchev–Trinajstić information content (AvgIpc) is 3.10. The van der Waals surface area contributed by atoms with E-state index in [1.807, 2.05) is 19.1 Å². The zero-order valence-electron chi connectivity index (χ0n) is 14.8. The second-order valence-corrected chi connectivity index (χ2v) is 7.23. The van der Waals surface area contributed by atoms with Crippen LogP contribution in [0.4, 0.5) is 10.1 Å². The number of hydrogen-bond donors (Lipinski definition) is 0. The van der Waals surface area contributed by atoms with Crippen molar-refractivity contribution in [1.82, 2.24) is 5.16 Å². The first kappa shape index (κ1) is 17.7. The largest absolute Gasteiger partial charge is 0.356 e. The van der Waals surface area contributed by atoms with Gasteiger partial charge in [0.05, 0.1) is 12.1 Å². The lowest BCUT2D eigenvalue weighted by molar-refractivity contribution is -0.118. The standard InChI is InChI=1S/C21H18ClFN2O2/c1-13-2-3-15-10-17(23)8-9-19(15)25(13)21(26)12-18-11-20(27-24-18)14-4-6-16(22)7-5-14/h4-11,13H,2-3,12H2,1H3. The molecular formula is C21H18ClFN2O2. The van der Waals surface area contributed by atoms with E-state index in [0.29, 0.717) is 16.5 Å². The van der Waals surface area contributed by atoms with Crippen LogP contribution >= 0.6 is 11.6 Å². The number of rotatable bonds is 3. The van der Waals surface area contributed by atoms with Gasteiger partial charge >= 0.3 is 0 Å². The third-order valence-corrected chi connectivity index (χ3v) is 5.11. The van der Waals surface area contributed by atoms with Crippen LogP contribution in [-0.4, -0.2) is 17.1 Å². The van der Waals surface area contributed by atoms with E-state index in [0.717, 1.165) is 29.7 Å². The van der Waals surface area contributed by atoms with Gasteiger partial charge in [-0.3, -0.25) is 4.79 Å². The van der Waals surface area contributed by atoms with Crippen molar-refractivity contribution >= 4 is 23.2 Å². The maximum atomic E-state index is 13.5. The molecule has 0 saturated carbocycles. The number of fused-ring (bicyclic) bond motifs is 1. The molecule has 2 heterocycles. The van der Waals surface area contributed by atoms with Crippen LogP contribution in [0, 0.1) is 5.82 Å². The Morgan fingerprint density at radius 3 is 2.81 bits per heavy atom. The highest BCUT2D eigenvalue weighted by Crippen LogP contribution is 2.32. The fourth-order valence-electron chi connectivity index (χ4n) is 3.49. The summed E-state index contributed by atoms with van der Waals surface area (Å²) in [5.41, 5.74) is 3.05. The zero-order chi connectivity index (χ0) is 19.0. The van der Waals surface area contributed by atoms with E-state index in [2.05, 4.69) is 5.16 Å². The van der Waals surface area contributed by atoms with Gasteiger partial charge in [0, 0.05) is 28.4 Å². The van der Waals surface area contributed by atoms with E-state index in [9.17, 15) is 9.18 Å². The Morgan fingerprint density at radius 2 is 2.04 bits per heavy atom. The molecule has 3 aromatic rings. The molecule has 0 saturated heterocycles. The van der Waals surface area contributed by atoms with E-state index in [1.165, 1.54) is 12.1 Å². The smallest absolute Gasteiger partial charge is 0.233 e. The van der Waals surface area contributed by atoms with Gasteiger partial charge in [-0.15, -0.1) is 0 Å². The second-order valence-electron chi connectivity index (χ2n) is 6.79. The van der Waals surface area contributed by atoms with E-state index in [-0.39, 0.29) is 24.2 Å². The van der Waals surface area contributed by atoms with Crippen molar-refractivity contribution in [2.75, 3.05) is 4.90 Å². The summed E-state index contributed by atoms with van der Waals surface area (Å²) in [5.74, 6) is 0.231. The quantitative estimate of drug-likeness (QED) is 0.635. The molecule has 0 aliphatic carbocycles. The fraction of sp³-hybridized carbons (Fsp3) is 0.238. The van der Waals surface area contributed by atoms with Crippen LogP contribution in [0.3, 0.4) is 0 Å². The number of amides is 1. The molecule has 1 aliphatic heterocycles. The van der Waals surface area contributed by atoms with Gasteiger partial charge < -0.3 is 9.42 Å². The molecular weight excluding hydrogens is 367 g/mol. The molecule has 0 fully saturated rings. The lowest BCUT2D eigenvalue weighted by Gasteiger charge is -2.35. The Morgan fingerprint density at radius 1 is 1.26 bits per heavy atom. The summed E-state index contributed by atoms with van der Waals surface area (Å²) >= 11 is 5.90. The number of halogens is 2. The van der Waals surface area contributed by atoms with Crippen molar-refractivity contribution < 1.29 is 13.7 Å². The normalized spacial score (nSPS) is 16.3. The van der Waals surface area contributed by atoms with Crippen LogP contribution in [0.15, 0.2) is 53.1 Å². The minimum absolute atomic E-state index is 0.0538. The Balaban J connectivity index is 1.55. The molecule has 4 rings (SSSR count). The summed E-state index contributed by atoms with van der Waals surface area (Å²) in [6.45, 7) is 2.01. The summed E-state index contributed by atoms with van der Waals surface area (Å²) in [7, 11) is 0. The Bertz CT molecular complexity index is 984. The number of aromatic nitrogens is 1. The van der Waals surface area contributed by atoms with Gasteiger partial charge in [0.2, 0.25) is 5.91 Å². The number of anilines is 1. The molecule has 4 nitrogen and oxygen atoms in total. The van der Waals surface area contributed by atoms with E-state index in [4.69, 9.17) is 16.1 Å². The summed E-state index contributed by atoms with van der Waals surface area (Å²) in [6.07, 6.45) is 1.69. The molecule has 1 unspecified atom stereocenters. The molecule has 1 atom stereocenters. The minimum atomic E-state index is -0.278. The van der Waals surface area contributed by atoms with Gasteiger partial charge in [-0.05, 0) is 67.8 Å². The maximum Gasteiger partial charge on any atom is 0.233 e. The topological polar surface area (TPSA) is 46.3 Å². The third-order valence-electron chi connectivity index (χ3n) is 4.86. The predicted octanol–water partition coefficient (Wildman–Crippen LogP) is 5.04. The lowest BCUT2D eigenvalue weighted by Crippen LogP contribution is -2.43. The van der Waals surface area contributed by atoms with Gasteiger partial charge in [0.1, 0.15) is 5.82 Å². The summed E-state index contributed by atoms with van der Waals surface area (Å²) in [4.78, 5) is 14.7. The first-order valence-corrected chi connectivity index (χ1v) is 9.21. The Hall–Kier alpha value is -2.66. The average molecular weight is 385 g/mol. The number of benzene rings is 2. The van der Waals surface area contributed by atoms with Crippen molar-refractivity contribution in [2.24, 2.45) is 0 Å². The Labute approximate surface area is 161 Å². The number of carbonyl (C=O) groups is 1. The fourth-order valence-corrected chi connectivity index (χ4v) is 3.61. The van der Waals surface area contributed by atoms with Crippen molar-refractivity contribution in [3.05, 3.63) is 70.6 Å². The van der Waals surface area contributed by atoms with Crippen molar-refractivity contribution in [1.29, 1.82) is 0 Å². The number of aryl methyl sites for hydroxylation is 1. The van der Waals surface area contributed by atoms with Gasteiger partial charge in [-0.1, -0.05) is 16.8 Å². The van der Waals surface area contributed by atoms with E-state index < -0.39 is 0 Å². The maximum absolute atomic E-state index is 13.5. The monoisotopic (exact) mass is 384 g/mol. The van der Waals surface area contributed by atoms with Gasteiger partial charge in [0.25, 0.3) is 0 Å². The van der Waals surface area contributed by atoms with Gasteiger partial charge in [-0.25, -0.2) is 4.39 Å². The number of hydrogen-bond acceptors (Lipinski definition) is 3. The van der Waals surface area contributed by atoms with Crippen LogP contribution in [0.5, 0.6) is 0 Å². The van der Waals surface area contributed by atoms with Crippen LogP contribution in [0.1, 0.15) is 24.6 Å². The molecule has 138 valence electrons. The first-order chi connectivity index (χ1) is 13.0. The van der Waals surface area contributed by atoms with Crippen LogP contribution < -0.4 is 4.90 Å². The summed E-state index contributed by atoms with van der Waals surface area (Å²) in [6, 6.07) is 13.6. The van der Waals surface area contributed by atoms with Crippen molar-refractivity contribution in [2.45, 2.75) is 32.2 Å². The number of nitrogens with zero attached hydrogens (tertiary/aromatic N) is 2. The third kappa shape index (κ3) is 3.60. The molecule has 1 aliphatic rings. The molecule has 1 amide bonds. The molecule has 0 spiro atoms. The van der Waals surface area contributed by atoms with Gasteiger partial charge in [0.15, 0.2) is 5.76 Å². The highest BCUT2D eigenvalue weighted by Gasteiger charge is 2.29. The van der Waals surface area contributed by atoms with Crippen LogP contribution in [0.25, 0.3) is 11.3 Å². The molecule has 0 radical (unpaired) electrons. The molecule has 27 heavy (non-hydrogen) atoms. The first-order valence-electron chi connectivity index (χ1n) is 8.83.